The molecule has 0 saturated heterocycles. The first-order valence-corrected chi connectivity index (χ1v) is 13.3. The molecule has 37 heavy (non-hydrogen) atoms. The summed E-state index contributed by atoms with van der Waals surface area (Å²) < 4.78 is 1.76. The van der Waals surface area contributed by atoms with Crippen molar-refractivity contribution in [2.75, 3.05) is 30.1 Å². The van der Waals surface area contributed by atoms with Gasteiger partial charge in [-0.05, 0) is 61.7 Å². The number of carbonyl (C=O) groups excluding carboxylic acids is 1. The first-order valence-electron chi connectivity index (χ1n) is 11.5. The molecule has 190 valence electrons. The van der Waals surface area contributed by atoms with Gasteiger partial charge in [0.15, 0.2) is 4.34 Å². The van der Waals surface area contributed by atoms with Crippen molar-refractivity contribution >= 4 is 68.2 Å². The maximum absolute atomic E-state index is 12.6. The highest BCUT2D eigenvalue weighted by Crippen LogP contribution is 2.33. The highest BCUT2D eigenvalue weighted by Gasteiger charge is 2.16. The zero-order valence-electron chi connectivity index (χ0n) is 21.2. The molecule has 0 aliphatic heterocycles. The topological polar surface area (TPSA) is 101 Å². The maximum atomic E-state index is 12.6. The molecule has 1 amide bonds. The van der Waals surface area contributed by atoms with Gasteiger partial charge >= 0.3 is 0 Å². The monoisotopic (exact) mass is 533 g/mol. The minimum Gasteiger partial charge on any atom is -0.372 e. The molecular formula is C27H27N5O3S2. The molecule has 0 bridgehead atoms. The SMILES string of the molecule is Cc1cc(C)c(NC(=O)CSc2nc3ccc(N=Cc4ccc(N(C)C)c([N+](=O)[O-])c4)cc3s2)c(C)c1. The fraction of sp³-hybridized carbons (Fsp3) is 0.222. The Balaban J connectivity index is 1.44. The van der Waals surface area contributed by atoms with E-state index in [4.69, 9.17) is 0 Å². The highest BCUT2D eigenvalue weighted by atomic mass is 32.2. The number of aromatic nitrogens is 1. The zero-order chi connectivity index (χ0) is 26.7. The number of rotatable bonds is 8. The van der Waals surface area contributed by atoms with Gasteiger partial charge in [-0.3, -0.25) is 19.9 Å². The Morgan fingerprint density at radius 2 is 1.86 bits per heavy atom. The van der Waals surface area contributed by atoms with Crippen LogP contribution >= 0.6 is 23.1 Å². The van der Waals surface area contributed by atoms with E-state index in [0.29, 0.717) is 11.3 Å². The van der Waals surface area contributed by atoms with Crippen molar-refractivity contribution in [3.05, 3.63) is 80.9 Å². The van der Waals surface area contributed by atoms with E-state index in [1.807, 2.05) is 39.0 Å². The summed E-state index contributed by atoms with van der Waals surface area (Å²) in [6.07, 6.45) is 1.61. The molecule has 8 nitrogen and oxygen atoms in total. The Hall–Kier alpha value is -3.76. The summed E-state index contributed by atoms with van der Waals surface area (Å²) in [4.78, 5) is 34.4. The molecule has 10 heteroatoms. The Kier molecular flexibility index (Phi) is 7.89. The second kappa shape index (κ2) is 11.1. The van der Waals surface area contributed by atoms with Crippen molar-refractivity contribution in [2.24, 2.45) is 4.99 Å². The van der Waals surface area contributed by atoms with E-state index < -0.39 is 4.92 Å². The largest absolute Gasteiger partial charge is 0.372 e. The van der Waals surface area contributed by atoms with Gasteiger partial charge in [0.05, 0.1) is 26.6 Å². The lowest BCUT2D eigenvalue weighted by Crippen LogP contribution is -2.15. The van der Waals surface area contributed by atoms with Gasteiger partial charge in [-0.2, -0.15) is 0 Å². The number of nitrogens with zero attached hydrogens (tertiary/aromatic N) is 4. The van der Waals surface area contributed by atoms with Crippen LogP contribution in [0, 0.1) is 30.9 Å². The van der Waals surface area contributed by atoms with E-state index in [-0.39, 0.29) is 17.3 Å². The lowest BCUT2D eigenvalue weighted by Gasteiger charge is -2.12. The number of thioether (sulfide) groups is 1. The summed E-state index contributed by atoms with van der Waals surface area (Å²) in [5.41, 5.74) is 6.90. The Morgan fingerprint density at radius 3 is 2.54 bits per heavy atom. The number of amides is 1. The van der Waals surface area contributed by atoms with Gasteiger partial charge in [0.2, 0.25) is 5.91 Å². The molecule has 1 aromatic heterocycles. The fourth-order valence-corrected chi connectivity index (χ4v) is 5.91. The number of thiazole rings is 1. The minimum atomic E-state index is -0.390. The predicted molar refractivity (Wildman–Crippen MR) is 154 cm³/mol. The Morgan fingerprint density at radius 1 is 1.14 bits per heavy atom. The number of carbonyl (C=O) groups is 1. The number of fused-ring (bicyclic) bond motifs is 1. The van der Waals surface area contributed by atoms with Crippen LogP contribution in [0.1, 0.15) is 22.3 Å². The molecule has 0 aliphatic rings. The molecule has 4 rings (SSSR count). The van der Waals surface area contributed by atoms with Crippen molar-refractivity contribution in [3.63, 3.8) is 0 Å². The molecule has 4 aromatic rings. The number of aryl methyl sites for hydroxylation is 3. The van der Waals surface area contributed by atoms with Crippen molar-refractivity contribution in [1.29, 1.82) is 0 Å². The van der Waals surface area contributed by atoms with Crippen LogP contribution in [0.15, 0.2) is 57.9 Å². The fourth-order valence-electron chi connectivity index (χ4n) is 4.01. The lowest BCUT2D eigenvalue weighted by atomic mass is 10.1. The third kappa shape index (κ3) is 6.33. The van der Waals surface area contributed by atoms with Gasteiger partial charge in [-0.1, -0.05) is 35.5 Å². The van der Waals surface area contributed by atoms with Crippen LogP contribution in [0.4, 0.5) is 22.7 Å². The number of hydrogen-bond acceptors (Lipinski definition) is 8. The van der Waals surface area contributed by atoms with E-state index >= 15 is 0 Å². The number of nitro benzene ring substituents is 1. The van der Waals surface area contributed by atoms with Gasteiger partial charge in [-0.15, -0.1) is 11.3 Å². The lowest BCUT2D eigenvalue weighted by molar-refractivity contribution is -0.384. The van der Waals surface area contributed by atoms with E-state index in [9.17, 15) is 14.9 Å². The first kappa shape index (κ1) is 26.3. The van der Waals surface area contributed by atoms with E-state index in [2.05, 4.69) is 27.4 Å². The number of nitrogens with one attached hydrogen (secondary N) is 1. The zero-order valence-corrected chi connectivity index (χ0v) is 22.9. The standard InChI is InChI=1S/C27H27N5O3S2/c1-16-10-17(2)26(18(3)11-16)30-25(33)15-36-27-29-21-8-7-20(13-24(21)37-27)28-14-19-6-9-22(31(4)5)23(12-19)32(34)35/h6-14H,15H2,1-5H3,(H,30,33). The molecule has 0 fully saturated rings. The molecule has 0 spiro atoms. The Labute approximate surface area is 223 Å². The number of aliphatic imine (C=N–C) groups is 1. The summed E-state index contributed by atoms with van der Waals surface area (Å²) in [5.74, 6) is 0.193. The van der Waals surface area contributed by atoms with Crippen LogP contribution in [-0.2, 0) is 4.79 Å². The normalized spacial score (nSPS) is 11.3. The highest BCUT2D eigenvalue weighted by molar-refractivity contribution is 8.01. The molecule has 0 unspecified atom stereocenters. The van der Waals surface area contributed by atoms with Crippen LogP contribution in [0.5, 0.6) is 0 Å². The van der Waals surface area contributed by atoms with Gasteiger partial charge < -0.3 is 10.2 Å². The van der Waals surface area contributed by atoms with Crippen LogP contribution in [-0.4, -0.2) is 41.9 Å². The second-order valence-electron chi connectivity index (χ2n) is 8.90. The Bertz CT molecular complexity index is 1510. The molecular weight excluding hydrogens is 506 g/mol. The van der Waals surface area contributed by atoms with Crippen LogP contribution in [0.25, 0.3) is 10.2 Å². The van der Waals surface area contributed by atoms with Crippen molar-refractivity contribution < 1.29 is 9.72 Å². The average Bonchev–Trinajstić information content (AvgIpc) is 3.25. The maximum Gasteiger partial charge on any atom is 0.293 e. The van der Waals surface area contributed by atoms with Crippen molar-refractivity contribution in [3.8, 4) is 0 Å². The van der Waals surface area contributed by atoms with Crippen LogP contribution < -0.4 is 10.2 Å². The number of benzene rings is 3. The molecule has 1 N–H and O–H groups in total. The molecule has 3 aromatic carbocycles. The summed E-state index contributed by atoms with van der Waals surface area (Å²) >= 11 is 2.91. The average molecular weight is 534 g/mol. The predicted octanol–water partition coefficient (Wildman–Crippen LogP) is 6.68. The minimum absolute atomic E-state index is 0.0326. The quantitative estimate of drug-likeness (QED) is 0.117. The third-order valence-electron chi connectivity index (χ3n) is 5.66. The van der Waals surface area contributed by atoms with Crippen LogP contribution in [0.3, 0.4) is 0 Å². The van der Waals surface area contributed by atoms with Gasteiger partial charge in [0.1, 0.15) is 5.69 Å². The van der Waals surface area contributed by atoms with Crippen LogP contribution in [0.2, 0.25) is 0 Å². The number of hydrogen-bond donors (Lipinski definition) is 1. The van der Waals surface area contributed by atoms with E-state index in [0.717, 1.165) is 37.1 Å². The smallest absolute Gasteiger partial charge is 0.293 e. The summed E-state index contributed by atoms with van der Waals surface area (Å²) in [6.45, 7) is 6.03. The first-order chi connectivity index (χ1) is 17.6. The van der Waals surface area contributed by atoms with E-state index in [1.54, 1.807) is 37.3 Å². The summed E-state index contributed by atoms with van der Waals surface area (Å²) in [5, 5.41) is 14.5. The molecule has 0 radical (unpaired) electrons. The summed E-state index contributed by atoms with van der Waals surface area (Å²) in [7, 11) is 3.54. The van der Waals surface area contributed by atoms with Crippen molar-refractivity contribution in [2.45, 2.75) is 25.1 Å². The molecule has 0 aliphatic carbocycles. The van der Waals surface area contributed by atoms with Crippen molar-refractivity contribution in [1.82, 2.24) is 4.98 Å². The molecule has 0 atom stereocenters. The molecule has 1 heterocycles. The van der Waals surface area contributed by atoms with Gasteiger partial charge in [-0.25, -0.2) is 4.98 Å². The second-order valence-corrected chi connectivity index (χ2v) is 11.2. The number of nitro groups is 1. The van der Waals surface area contributed by atoms with Gasteiger partial charge in [0, 0.05) is 32.1 Å². The van der Waals surface area contributed by atoms with E-state index in [1.165, 1.54) is 34.7 Å². The molecule has 0 saturated carbocycles. The van der Waals surface area contributed by atoms with Gasteiger partial charge in [0.25, 0.3) is 5.69 Å². The summed E-state index contributed by atoms with van der Waals surface area (Å²) in [6, 6.07) is 14.8. The number of anilines is 2. The third-order valence-corrected chi connectivity index (χ3v) is 7.82.